The van der Waals surface area contributed by atoms with Gasteiger partial charge in [-0.3, -0.25) is 4.79 Å². The van der Waals surface area contributed by atoms with Crippen LogP contribution in [0, 0.1) is 13.8 Å². The Balaban J connectivity index is 1.65. The van der Waals surface area contributed by atoms with E-state index in [1.807, 2.05) is 17.7 Å². The van der Waals surface area contributed by atoms with Crippen LogP contribution in [0.25, 0.3) is 11.4 Å². The molecule has 0 aliphatic heterocycles. The molecule has 1 N–H and O–H groups in total. The van der Waals surface area contributed by atoms with E-state index in [9.17, 15) is 4.79 Å². The highest BCUT2D eigenvalue weighted by molar-refractivity contribution is 9.10. The zero-order valence-electron chi connectivity index (χ0n) is 13.9. The number of amides is 1. The Morgan fingerprint density at radius 1 is 1.36 bits per heavy atom. The molecular formula is C16H16BrN5OS2. The van der Waals surface area contributed by atoms with Gasteiger partial charge in [-0.2, -0.15) is 0 Å². The van der Waals surface area contributed by atoms with Crippen molar-refractivity contribution in [3.05, 3.63) is 38.6 Å². The van der Waals surface area contributed by atoms with Crippen LogP contribution in [-0.2, 0) is 11.8 Å². The summed E-state index contributed by atoms with van der Waals surface area (Å²) < 4.78 is 2.79. The van der Waals surface area contributed by atoms with Crippen molar-refractivity contribution in [2.75, 3.05) is 11.1 Å². The van der Waals surface area contributed by atoms with E-state index in [2.05, 4.69) is 55.7 Å². The number of aryl methyl sites for hydroxylation is 1. The average Bonchev–Trinajstić information content (AvgIpc) is 3.11. The van der Waals surface area contributed by atoms with Crippen LogP contribution < -0.4 is 5.32 Å². The Bertz CT molecular complexity index is 904. The lowest BCUT2D eigenvalue weighted by molar-refractivity contribution is -0.113. The molecule has 130 valence electrons. The van der Waals surface area contributed by atoms with Gasteiger partial charge in [-0.15, -0.1) is 21.5 Å². The second-order valence-electron chi connectivity index (χ2n) is 5.39. The lowest BCUT2D eigenvalue weighted by Crippen LogP contribution is -2.15. The van der Waals surface area contributed by atoms with Gasteiger partial charge in [0.15, 0.2) is 11.0 Å². The fourth-order valence-electron chi connectivity index (χ4n) is 2.17. The fraction of sp³-hybridized carbons (Fsp3) is 0.250. The van der Waals surface area contributed by atoms with Gasteiger partial charge in [0.05, 0.1) is 5.75 Å². The number of pyridine rings is 1. The summed E-state index contributed by atoms with van der Waals surface area (Å²) in [6.07, 6.45) is 1.64. The van der Waals surface area contributed by atoms with E-state index in [-0.39, 0.29) is 11.7 Å². The Kier molecular flexibility index (Phi) is 5.55. The highest BCUT2D eigenvalue weighted by atomic mass is 79.9. The number of hydrogen-bond acceptors (Lipinski definition) is 6. The molecule has 0 radical (unpaired) electrons. The number of rotatable bonds is 5. The number of carbonyl (C=O) groups excluding carboxylic acids is 1. The molecule has 1 amide bonds. The zero-order chi connectivity index (χ0) is 18.0. The van der Waals surface area contributed by atoms with E-state index in [1.165, 1.54) is 22.2 Å². The van der Waals surface area contributed by atoms with Crippen molar-refractivity contribution in [3.63, 3.8) is 0 Å². The predicted molar refractivity (Wildman–Crippen MR) is 105 cm³/mol. The van der Waals surface area contributed by atoms with Crippen molar-refractivity contribution in [3.8, 4) is 11.4 Å². The topological polar surface area (TPSA) is 72.7 Å². The molecule has 3 heterocycles. The normalized spacial score (nSPS) is 10.9. The number of halogens is 1. The van der Waals surface area contributed by atoms with Crippen molar-refractivity contribution in [2.24, 2.45) is 7.05 Å². The first-order valence-corrected chi connectivity index (χ1v) is 10.1. The molecule has 0 aliphatic carbocycles. The van der Waals surface area contributed by atoms with Crippen molar-refractivity contribution < 1.29 is 4.79 Å². The third kappa shape index (κ3) is 4.10. The molecule has 0 unspecified atom stereocenters. The first kappa shape index (κ1) is 18.1. The van der Waals surface area contributed by atoms with Gasteiger partial charge in [-0.25, -0.2) is 4.98 Å². The summed E-state index contributed by atoms with van der Waals surface area (Å²) in [7, 11) is 1.91. The number of thioether (sulfide) groups is 1. The monoisotopic (exact) mass is 437 g/mol. The van der Waals surface area contributed by atoms with Gasteiger partial charge in [-0.05, 0) is 47.5 Å². The number of nitrogens with one attached hydrogen (secondary N) is 1. The molecule has 0 aromatic carbocycles. The molecule has 6 nitrogen and oxygen atoms in total. The Morgan fingerprint density at radius 3 is 2.80 bits per heavy atom. The van der Waals surface area contributed by atoms with Crippen molar-refractivity contribution in [1.29, 1.82) is 0 Å². The fourth-order valence-corrected chi connectivity index (χ4v) is 3.98. The molecule has 3 aromatic rings. The molecule has 0 aliphatic rings. The van der Waals surface area contributed by atoms with Gasteiger partial charge >= 0.3 is 0 Å². The average molecular weight is 438 g/mol. The van der Waals surface area contributed by atoms with E-state index >= 15 is 0 Å². The maximum Gasteiger partial charge on any atom is 0.236 e. The van der Waals surface area contributed by atoms with Crippen LogP contribution in [0.3, 0.4) is 0 Å². The molecule has 0 bridgehead atoms. The molecule has 0 fully saturated rings. The Labute approximate surface area is 162 Å². The quantitative estimate of drug-likeness (QED) is 0.609. The van der Waals surface area contributed by atoms with Crippen LogP contribution >= 0.6 is 39.0 Å². The van der Waals surface area contributed by atoms with Crippen LogP contribution in [0.1, 0.15) is 10.4 Å². The highest BCUT2D eigenvalue weighted by Gasteiger charge is 2.16. The first-order chi connectivity index (χ1) is 12.0. The smallest absolute Gasteiger partial charge is 0.236 e. The Hall–Kier alpha value is -1.71. The molecule has 3 rings (SSSR count). The number of thiophene rings is 1. The zero-order valence-corrected chi connectivity index (χ0v) is 17.1. The minimum Gasteiger partial charge on any atom is -0.310 e. The van der Waals surface area contributed by atoms with E-state index in [1.54, 1.807) is 23.6 Å². The Morgan fingerprint density at radius 2 is 2.16 bits per heavy atom. The summed E-state index contributed by atoms with van der Waals surface area (Å²) in [4.78, 5) is 17.5. The van der Waals surface area contributed by atoms with Gasteiger partial charge in [0.25, 0.3) is 0 Å². The third-order valence-electron chi connectivity index (χ3n) is 3.69. The molecule has 3 aromatic heterocycles. The van der Waals surface area contributed by atoms with E-state index in [0.717, 1.165) is 15.9 Å². The summed E-state index contributed by atoms with van der Waals surface area (Å²) >= 11 is 6.36. The maximum absolute atomic E-state index is 12.1. The van der Waals surface area contributed by atoms with E-state index < -0.39 is 0 Å². The second-order valence-corrected chi connectivity index (χ2v) is 8.34. The summed E-state index contributed by atoms with van der Waals surface area (Å²) in [6.45, 7) is 4.18. The summed E-state index contributed by atoms with van der Waals surface area (Å²) in [6, 6.07) is 3.57. The minimum absolute atomic E-state index is 0.132. The standard InChI is InChI=1S/C16H16BrN5OS2/c1-9-10(2)24-7-12(9)15-20-21-16(22(15)3)25-8-14(23)19-13-5-4-11(17)6-18-13/h4-7H,8H2,1-3H3,(H,18,19,23). The van der Waals surface area contributed by atoms with Crippen LogP contribution in [-0.4, -0.2) is 31.4 Å². The van der Waals surface area contributed by atoms with Gasteiger partial charge < -0.3 is 9.88 Å². The molecule has 0 atom stereocenters. The largest absolute Gasteiger partial charge is 0.310 e. The van der Waals surface area contributed by atoms with Gasteiger partial charge in [0.1, 0.15) is 5.82 Å². The number of nitrogens with zero attached hydrogens (tertiary/aromatic N) is 4. The van der Waals surface area contributed by atoms with E-state index in [4.69, 9.17) is 0 Å². The van der Waals surface area contributed by atoms with Crippen LogP contribution in [0.4, 0.5) is 5.82 Å². The number of anilines is 1. The molecule has 0 saturated heterocycles. The minimum atomic E-state index is -0.132. The van der Waals surface area contributed by atoms with Crippen molar-refractivity contribution in [2.45, 2.75) is 19.0 Å². The molecule has 9 heteroatoms. The number of hydrogen-bond donors (Lipinski definition) is 1. The van der Waals surface area contributed by atoms with Gasteiger partial charge in [0.2, 0.25) is 5.91 Å². The van der Waals surface area contributed by atoms with Gasteiger partial charge in [0, 0.05) is 33.5 Å². The molecule has 0 spiro atoms. The van der Waals surface area contributed by atoms with E-state index in [0.29, 0.717) is 11.0 Å². The van der Waals surface area contributed by atoms with Crippen molar-refractivity contribution in [1.82, 2.24) is 19.7 Å². The lowest BCUT2D eigenvalue weighted by Gasteiger charge is -2.05. The van der Waals surface area contributed by atoms with Crippen LogP contribution in [0.15, 0.2) is 33.3 Å². The maximum atomic E-state index is 12.1. The summed E-state index contributed by atoms with van der Waals surface area (Å²) in [5, 5.41) is 14.1. The van der Waals surface area contributed by atoms with Crippen molar-refractivity contribution >= 4 is 50.8 Å². The third-order valence-corrected chi connectivity index (χ3v) is 6.19. The first-order valence-electron chi connectivity index (χ1n) is 7.44. The SMILES string of the molecule is Cc1scc(-c2nnc(SCC(=O)Nc3ccc(Br)cn3)n2C)c1C. The molecular weight excluding hydrogens is 422 g/mol. The second kappa shape index (κ2) is 7.67. The van der Waals surface area contributed by atoms with Crippen LogP contribution in [0.2, 0.25) is 0 Å². The number of aromatic nitrogens is 4. The van der Waals surface area contributed by atoms with Crippen LogP contribution in [0.5, 0.6) is 0 Å². The molecule has 0 saturated carbocycles. The predicted octanol–water partition coefficient (Wildman–Crippen LogP) is 4.05. The lowest BCUT2D eigenvalue weighted by atomic mass is 10.2. The summed E-state index contributed by atoms with van der Waals surface area (Å²) in [5.74, 6) is 1.45. The van der Waals surface area contributed by atoms with Gasteiger partial charge in [-0.1, -0.05) is 11.8 Å². The summed E-state index contributed by atoms with van der Waals surface area (Å²) in [5.41, 5.74) is 2.31. The molecule has 25 heavy (non-hydrogen) atoms. The number of carbonyl (C=O) groups is 1. The highest BCUT2D eigenvalue weighted by Crippen LogP contribution is 2.30.